The molecule has 0 saturated carbocycles. The van der Waals surface area contributed by atoms with E-state index in [4.69, 9.17) is 4.74 Å². The van der Waals surface area contributed by atoms with Crippen LogP contribution < -0.4 is 10.2 Å². The van der Waals surface area contributed by atoms with Crippen LogP contribution in [0.15, 0.2) is 28.7 Å². The molecule has 1 aromatic carbocycles. The first kappa shape index (κ1) is 13.5. The number of nitrogens with zero attached hydrogens (tertiary/aromatic N) is 1. The molecule has 1 unspecified atom stereocenters. The lowest BCUT2D eigenvalue weighted by molar-refractivity contribution is -0.121. The van der Waals surface area contributed by atoms with Crippen molar-refractivity contribution in [2.75, 3.05) is 31.6 Å². The Labute approximate surface area is 115 Å². The Bertz CT molecular complexity index is 419. The van der Waals surface area contributed by atoms with Crippen LogP contribution >= 0.6 is 15.9 Å². The number of para-hydroxylation sites is 1. The van der Waals surface area contributed by atoms with E-state index in [0.29, 0.717) is 13.0 Å². The fourth-order valence-corrected chi connectivity index (χ4v) is 2.49. The maximum Gasteiger partial charge on any atom is 0.229 e. The van der Waals surface area contributed by atoms with Gasteiger partial charge < -0.3 is 15.0 Å². The molecular weight excluding hydrogens is 296 g/mol. The Morgan fingerprint density at radius 2 is 2.33 bits per heavy atom. The number of morpholine rings is 1. The first-order chi connectivity index (χ1) is 8.68. The van der Waals surface area contributed by atoms with E-state index in [-0.39, 0.29) is 12.0 Å². The molecule has 0 bridgehead atoms. The van der Waals surface area contributed by atoms with Crippen molar-refractivity contribution in [1.82, 2.24) is 5.32 Å². The van der Waals surface area contributed by atoms with Gasteiger partial charge in [-0.25, -0.2) is 0 Å². The van der Waals surface area contributed by atoms with E-state index in [1.165, 1.54) is 0 Å². The quantitative estimate of drug-likeness (QED) is 0.925. The molecule has 1 aliphatic rings. The lowest BCUT2D eigenvalue weighted by Gasteiger charge is -2.26. The van der Waals surface area contributed by atoms with Crippen LogP contribution in [0.25, 0.3) is 0 Å². The third-order valence-electron chi connectivity index (χ3n) is 2.99. The number of carbonyl (C=O) groups is 1. The lowest BCUT2D eigenvalue weighted by Crippen LogP contribution is -2.41. The second kappa shape index (κ2) is 6.31. The Kier molecular flexibility index (Phi) is 4.74. The van der Waals surface area contributed by atoms with Gasteiger partial charge in [-0.05, 0) is 28.1 Å². The van der Waals surface area contributed by atoms with E-state index in [0.717, 1.165) is 23.2 Å². The molecule has 0 aromatic heterocycles. The molecule has 1 atom stereocenters. The van der Waals surface area contributed by atoms with Gasteiger partial charge in [0.15, 0.2) is 0 Å². The number of benzene rings is 1. The zero-order chi connectivity index (χ0) is 13.0. The number of rotatable bonds is 3. The molecule has 18 heavy (non-hydrogen) atoms. The van der Waals surface area contributed by atoms with Crippen molar-refractivity contribution in [2.24, 2.45) is 0 Å². The zero-order valence-corrected chi connectivity index (χ0v) is 11.9. The van der Waals surface area contributed by atoms with Gasteiger partial charge in [0.1, 0.15) is 0 Å². The maximum absolute atomic E-state index is 12.2. The summed E-state index contributed by atoms with van der Waals surface area (Å²) >= 11 is 3.45. The molecule has 1 saturated heterocycles. The van der Waals surface area contributed by atoms with Gasteiger partial charge in [-0.3, -0.25) is 4.79 Å². The second-order valence-corrected chi connectivity index (χ2v) is 5.16. The number of anilines is 1. The number of amides is 1. The van der Waals surface area contributed by atoms with Crippen LogP contribution in [0.1, 0.15) is 6.42 Å². The van der Waals surface area contributed by atoms with Gasteiger partial charge in [-0.2, -0.15) is 0 Å². The first-order valence-corrected chi connectivity index (χ1v) is 6.81. The summed E-state index contributed by atoms with van der Waals surface area (Å²) in [7, 11) is 1.79. The predicted octanol–water partition coefficient (Wildman–Crippen LogP) is 1.79. The highest BCUT2D eigenvalue weighted by Crippen LogP contribution is 2.25. The van der Waals surface area contributed by atoms with Crippen LogP contribution in [0.4, 0.5) is 5.69 Å². The number of hydrogen-bond acceptors (Lipinski definition) is 3. The molecule has 1 fully saturated rings. The van der Waals surface area contributed by atoms with E-state index in [9.17, 15) is 4.79 Å². The van der Waals surface area contributed by atoms with Crippen LogP contribution in [0.3, 0.4) is 0 Å². The minimum absolute atomic E-state index is 0.0174. The van der Waals surface area contributed by atoms with Crippen molar-refractivity contribution in [3.05, 3.63) is 28.7 Å². The summed E-state index contributed by atoms with van der Waals surface area (Å²) in [5, 5.41) is 3.23. The van der Waals surface area contributed by atoms with Crippen LogP contribution in [-0.2, 0) is 9.53 Å². The van der Waals surface area contributed by atoms with E-state index in [2.05, 4.69) is 21.2 Å². The van der Waals surface area contributed by atoms with Gasteiger partial charge >= 0.3 is 0 Å². The molecular formula is C13H17BrN2O2. The summed E-state index contributed by atoms with van der Waals surface area (Å²) in [6.45, 7) is 2.29. The summed E-state index contributed by atoms with van der Waals surface area (Å²) in [6.07, 6.45) is 0.390. The minimum atomic E-state index is -0.0174. The summed E-state index contributed by atoms with van der Waals surface area (Å²) in [6, 6.07) is 7.70. The van der Waals surface area contributed by atoms with Crippen molar-refractivity contribution >= 4 is 27.5 Å². The number of halogens is 1. The third-order valence-corrected chi connectivity index (χ3v) is 3.67. The topological polar surface area (TPSA) is 41.6 Å². The van der Waals surface area contributed by atoms with Gasteiger partial charge in [-0.15, -0.1) is 0 Å². The SMILES string of the molecule is CN(C(=O)CC1CNCCO1)c1ccccc1Br. The molecule has 1 N–H and O–H groups in total. The van der Waals surface area contributed by atoms with Crippen molar-refractivity contribution < 1.29 is 9.53 Å². The van der Waals surface area contributed by atoms with Crippen LogP contribution in [0.2, 0.25) is 0 Å². The van der Waals surface area contributed by atoms with Crippen LogP contribution in [0.5, 0.6) is 0 Å². The van der Waals surface area contributed by atoms with Gasteiger partial charge in [0, 0.05) is 24.6 Å². The second-order valence-electron chi connectivity index (χ2n) is 4.31. The Morgan fingerprint density at radius 3 is 3.00 bits per heavy atom. The normalized spacial score (nSPS) is 19.6. The third kappa shape index (κ3) is 3.31. The standard InChI is InChI=1S/C13H17BrN2O2/c1-16(12-5-3-2-4-11(12)14)13(17)8-10-9-15-6-7-18-10/h2-5,10,15H,6-9H2,1H3. The average molecular weight is 313 g/mol. The molecule has 1 aliphatic heterocycles. The fraction of sp³-hybridized carbons (Fsp3) is 0.462. The number of hydrogen-bond donors (Lipinski definition) is 1. The minimum Gasteiger partial charge on any atom is -0.375 e. The molecule has 5 heteroatoms. The highest BCUT2D eigenvalue weighted by Gasteiger charge is 2.21. The monoisotopic (exact) mass is 312 g/mol. The smallest absolute Gasteiger partial charge is 0.229 e. The highest BCUT2D eigenvalue weighted by molar-refractivity contribution is 9.10. The summed E-state index contributed by atoms with van der Waals surface area (Å²) in [5.41, 5.74) is 0.881. The Balaban J connectivity index is 1.98. The zero-order valence-electron chi connectivity index (χ0n) is 10.4. The van der Waals surface area contributed by atoms with Crippen molar-refractivity contribution in [1.29, 1.82) is 0 Å². The van der Waals surface area contributed by atoms with Gasteiger partial charge in [0.25, 0.3) is 0 Å². The fourth-order valence-electron chi connectivity index (χ4n) is 1.94. The predicted molar refractivity (Wildman–Crippen MR) is 74.8 cm³/mol. The molecule has 0 aliphatic carbocycles. The van der Waals surface area contributed by atoms with E-state index in [1.807, 2.05) is 24.3 Å². The molecule has 0 radical (unpaired) electrons. The highest BCUT2D eigenvalue weighted by atomic mass is 79.9. The summed E-state index contributed by atoms with van der Waals surface area (Å²) in [4.78, 5) is 13.8. The molecule has 1 heterocycles. The average Bonchev–Trinajstić information content (AvgIpc) is 2.39. The number of nitrogens with one attached hydrogen (secondary N) is 1. The van der Waals surface area contributed by atoms with E-state index >= 15 is 0 Å². The lowest BCUT2D eigenvalue weighted by atomic mass is 10.2. The van der Waals surface area contributed by atoms with Crippen LogP contribution in [-0.4, -0.2) is 38.8 Å². The maximum atomic E-state index is 12.2. The Morgan fingerprint density at radius 1 is 1.56 bits per heavy atom. The van der Waals surface area contributed by atoms with Crippen LogP contribution in [0, 0.1) is 0 Å². The molecule has 0 spiro atoms. The molecule has 1 aromatic rings. The van der Waals surface area contributed by atoms with Crippen molar-refractivity contribution in [2.45, 2.75) is 12.5 Å². The van der Waals surface area contributed by atoms with E-state index in [1.54, 1.807) is 11.9 Å². The van der Waals surface area contributed by atoms with Gasteiger partial charge in [0.2, 0.25) is 5.91 Å². The number of ether oxygens (including phenoxy) is 1. The number of carbonyl (C=O) groups excluding carboxylic acids is 1. The van der Waals surface area contributed by atoms with Gasteiger partial charge in [-0.1, -0.05) is 12.1 Å². The summed E-state index contributed by atoms with van der Waals surface area (Å²) in [5.74, 6) is 0.0654. The molecule has 4 nitrogen and oxygen atoms in total. The first-order valence-electron chi connectivity index (χ1n) is 6.02. The van der Waals surface area contributed by atoms with E-state index < -0.39 is 0 Å². The largest absolute Gasteiger partial charge is 0.375 e. The van der Waals surface area contributed by atoms with Crippen molar-refractivity contribution in [3.63, 3.8) is 0 Å². The molecule has 2 rings (SSSR count). The molecule has 98 valence electrons. The summed E-state index contributed by atoms with van der Waals surface area (Å²) < 4.78 is 6.46. The van der Waals surface area contributed by atoms with Crippen molar-refractivity contribution in [3.8, 4) is 0 Å². The molecule has 1 amide bonds. The van der Waals surface area contributed by atoms with Gasteiger partial charge in [0.05, 0.1) is 24.8 Å². The Hall–Kier alpha value is -0.910.